The van der Waals surface area contributed by atoms with Crippen LogP contribution in [0.4, 0.5) is 0 Å². The van der Waals surface area contributed by atoms with Gasteiger partial charge in [0.2, 0.25) is 5.91 Å². The Morgan fingerprint density at radius 3 is 3.22 bits per heavy atom. The number of H-pyrrole nitrogens is 1. The Hall–Kier alpha value is -1.62. The fourth-order valence-corrected chi connectivity index (χ4v) is 2.01. The summed E-state index contributed by atoms with van der Waals surface area (Å²) in [4.78, 5) is 18.1. The molecule has 1 amide bonds. The van der Waals surface area contributed by atoms with Crippen molar-refractivity contribution in [3.8, 4) is 0 Å². The summed E-state index contributed by atoms with van der Waals surface area (Å²) >= 11 is 3.41. The van der Waals surface area contributed by atoms with Crippen molar-refractivity contribution in [3.05, 3.63) is 34.6 Å². The third-order valence-electron chi connectivity index (χ3n) is 2.51. The molecule has 4 nitrogen and oxygen atoms in total. The number of fused-ring (bicyclic) bond motifs is 1. The Kier molecular flexibility index (Phi) is 4.15. The molecule has 94 valence electrons. The maximum absolute atomic E-state index is 10.7. The van der Waals surface area contributed by atoms with Crippen molar-refractivity contribution in [2.45, 2.75) is 13.3 Å². The second-order valence-electron chi connectivity index (χ2n) is 3.97. The minimum atomic E-state index is 0.00336. The van der Waals surface area contributed by atoms with E-state index in [9.17, 15) is 4.79 Å². The molecule has 0 saturated carbocycles. The molecule has 0 atom stereocenters. The molecule has 2 aromatic rings. The highest BCUT2D eigenvalue weighted by atomic mass is 79.9. The van der Waals surface area contributed by atoms with E-state index in [2.05, 4.69) is 31.2 Å². The van der Waals surface area contributed by atoms with E-state index in [0.717, 1.165) is 27.5 Å². The molecule has 0 fully saturated rings. The zero-order chi connectivity index (χ0) is 13.0. The van der Waals surface area contributed by atoms with Gasteiger partial charge in [-0.25, -0.2) is 4.98 Å². The van der Waals surface area contributed by atoms with Gasteiger partial charge >= 0.3 is 0 Å². The number of carbonyl (C=O) groups excluding carboxylic acids is 1. The molecule has 0 radical (unpaired) electrons. The van der Waals surface area contributed by atoms with Crippen molar-refractivity contribution in [2.24, 2.45) is 0 Å². The zero-order valence-electron chi connectivity index (χ0n) is 10.0. The molecule has 2 N–H and O–H groups in total. The van der Waals surface area contributed by atoms with E-state index in [1.54, 1.807) is 6.20 Å². The minimum Gasteiger partial charge on any atom is -0.356 e. The number of aromatic nitrogens is 2. The van der Waals surface area contributed by atoms with Crippen molar-refractivity contribution >= 4 is 38.9 Å². The summed E-state index contributed by atoms with van der Waals surface area (Å²) in [6.07, 6.45) is 8.59. The molecule has 0 aliphatic rings. The molecule has 0 saturated heterocycles. The maximum atomic E-state index is 10.7. The average molecular weight is 308 g/mol. The first-order valence-electron chi connectivity index (χ1n) is 5.70. The lowest BCUT2D eigenvalue weighted by atomic mass is 10.2. The summed E-state index contributed by atoms with van der Waals surface area (Å²) in [5.41, 5.74) is 1.97. The molecular weight excluding hydrogens is 294 g/mol. The topological polar surface area (TPSA) is 57.8 Å². The van der Waals surface area contributed by atoms with Gasteiger partial charge in [-0.2, -0.15) is 0 Å². The van der Waals surface area contributed by atoms with Gasteiger partial charge in [-0.3, -0.25) is 4.79 Å². The zero-order valence-corrected chi connectivity index (χ0v) is 11.6. The van der Waals surface area contributed by atoms with Gasteiger partial charge in [0.1, 0.15) is 5.65 Å². The van der Waals surface area contributed by atoms with Crippen molar-refractivity contribution in [1.82, 2.24) is 15.3 Å². The van der Waals surface area contributed by atoms with Crippen molar-refractivity contribution in [3.63, 3.8) is 0 Å². The quantitative estimate of drug-likeness (QED) is 0.853. The molecule has 0 bridgehead atoms. The summed E-state index contributed by atoms with van der Waals surface area (Å²) in [5, 5.41) is 3.84. The van der Waals surface area contributed by atoms with Gasteiger partial charge in [0.25, 0.3) is 0 Å². The molecule has 0 spiro atoms. The summed E-state index contributed by atoms with van der Waals surface area (Å²) in [6, 6.07) is 2.03. The largest absolute Gasteiger partial charge is 0.356 e. The second kappa shape index (κ2) is 5.82. The summed E-state index contributed by atoms with van der Waals surface area (Å²) < 4.78 is 0.961. The standard InChI is InChI=1S/C13H14BrN3O/c1-9(18)15-5-3-2-4-10-7-16-13-12(10)6-11(14)8-17-13/h2,4,6-8H,3,5H2,1H3,(H,15,18)(H,16,17). The predicted molar refractivity (Wildman–Crippen MR) is 76.1 cm³/mol. The molecule has 0 unspecified atom stereocenters. The smallest absolute Gasteiger partial charge is 0.216 e. The van der Waals surface area contributed by atoms with Crippen LogP contribution in [0.25, 0.3) is 17.1 Å². The fraction of sp³-hybridized carbons (Fsp3) is 0.231. The van der Waals surface area contributed by atoms with E-state index in [-0.39, 0.29) is 5.91 Å². The summed E-state index contributed by atoms with van der Waals surface area (Å²) in [6.45, 7) is 2.18. The molecule has 0 aliphatic heterocycles. The molecule has 2 aromatic heterocycles. The van der Waals surface area contributed by atoms with E-state index < -0.39 is 0 Å². The van der Waals surface area contributed by atoms with Gasteiger partial charge < -0.3 is 10.3 Å². The molecule has 0 aromatic carbocycles. The lowest BCUT2D eigenvalue weighted by molar-refractivity contribution is -0.118. The summed E-state index contributed by atoms with van der Waals surface area (Å²) in [7, 11) is 0. The van der Waals surface area contributed by atoms with Crippen LogP contribution in [0.3, 0.4) is 0 Å². The number of nitrogens with one attached hydrogen (secondary N) is 2. The Morgan fingerprint density at radius 2 is 2.44 bits per heavy atom. The summed E-state index contributed by atoms with van der Waals surface area (Å²) in [5.74, 6) is 0.00336. The van der Waals surface area contributed by atoms with Crippen LogP contribution in [-0.4, -0.2) is 22.4 Å². The van der Waals surface area contributed by atoms with Crippen LogP contribution in [0.15, 0.2) is 29.0 Å². The van der Waals surface area contributed by atoms with Crippen LogP contribution in [0.2, 0.25) is 0 Å². The number of rotatable bonds is 4. The van der Waals surface area contributed by atoms with E-state index in [0.29, 0.717) is 6.54 Å². The third-order valence-corrected chi connectivity index (χ3v) is 2.95. The van der Waals surface area contributed by atoms with E-state index in [4.69, 9.17) is 0 Å². The highest BCUT2D eigenvalue weighted by Gasteiger charge is 2.02. The first kappa shape index (κ1) is 12.8. The van der Waals surface area contributed by atoms with Crippen LogP contribution < -0.4 is 5.32 Å². The fourth-order valence-electron chi connectivity index (χ4n) is 1.68. The first-order chi connectivity index (χ1) is 8.66. The Labute approximate surface area is 114 Å². The SMILES string of the molecule is CC(=O)NCCC=Cc1c[nH]c2ncc(Br)cc12. The van der Waals surface area contributed by atoms with Gasteiger partial charge in [-0.05, 0) is 28.4 Å². The Bertz CT molecular complexity index is 589. The average Bonchev–Trinajstić information content (AvgIpc) is 2.71. The number of nitrogens with zero attached hydrogens (tertiary/aromatic N) is 1. The number of hydrogen-bond acceptors (Lipinski definition) is 2. The minimum absolute atomic E-state index is 0.00336. The van der Waals surface area contributed by atoms with E-state index >= 15 is 0 Å². The number of carbonyl (C=O) groups is 1. The molecule has 2 rings (SSSR count). The van der Waals surface area contributed by atoms with Crippen LogP contribution in [0.1, 0.15) is 18.9 Å². The maximum Gasteiger partial charge on any atom is 0.216 e. The number of hydrogen-bond donors (Lipinski definition) is 2. The number of aromatic amines is 1. The molecular formula is C13H14BrN3O. The Morgan fingerprint density at radius 1 is 1.61 bits per heavy atom. The molecule has 2 heterocycles. The monoisotopic (exact) mass is 307 g/mol. The lowest BCUT2D eigenvalue weighted by Gasteiger charge is -1.96. The van der Waals surface area contributed by atoms with Crippen LogP contribution in [-0.2, 0) is 4.79 Å². The van der Waals surface area contributed by atoms with E-state index in [1.165, 1.54) is 6.92 Å². The number of halogens is 1. The van der Waals surface area contributed by atoms with Gasteiger partial charge in [0.05, 0.1) is 0 Å². The highest BCUT2D eigenvalue weighted by molar-refractivity contribution is 9.10. The van der Waals surface area contributed by atoms with Gasteiger partial charge in [0.15, 0.2) is 0 Å². The van der Waals surface area contributed by atoms with Gasteiger partial charge in [0, 0.05) is 41.3 Å². The van der Waals surface area contributed by atoms with Gasteiger partial charge in [-0.1, -0.05) is 12.2 Å². The van der Waals surface area contributed by atoms with Crippen molar-refractivity contribution in [2.75, 3.05) is 6.54 Å². The van der Waals surface area contributed by atoms with Crippen molar-refractivity contribution < 1.29 is 4.79 Å². The Balaban J connectivity index is 2.05. The van der Waals surface area contributed by atoms with Crippen LogP contribution in [0.5, 0.6) is 0 Å². The van der Waals surface area contributed by atoms with E-state index in [1.807, 2.05) is 24.4 Å². The van der Waals surface area contributed by atoms with Crippen LogP contribution >= 0.6 is 15.9 Å². The highest BCUT2D eigenvalue weighted by Crippen LogP contribution is 2.21. The molecule has 5 heteroatoms. The molecule has 0 aliphatic carbocycles. The normalized spacial score (nSPS) is 11.2. The number of pyridine rings is 1. The van der Waals surface area contributed by atoms with Crippen LogP contribution in [0, 0.1) is 0 Å². The van der Waals surface area contributed by atoms with Crippen molar-refractivity contribution in [1.29, 1.82) is 0 Å². The molecule has 18 heavy (non-hydrogen) atoms. The predicted octanol–water partition coefficient (Wildman–Crippen LogP) is 2.86. The third kappa shape index (κ3) is 3.20. The first-order valence-corrected chi connectivity index (χ1v) is 6.50. The second-order valence-corrected chi connectivity index (χ2v) is 4.88. The van der Waals surface area contributed by atoms with Gasteiger partial charge in [-0.15, -0.1) is 0 Å². The number of amides is 1. The lowest BCUT2D eigenvalue weighted by Crippen LogP contribution is -2.20.